The smallest absolute Gasteiger partial charge is 0.341 e. The fraction of sp³-hybridized carbons (Fsp3) is 0.400. The van der Waals surface area contributed by atoms with Crippen molar-refractivity contribution in [3.8, 4) is 0 Å². The highest BCUT2D eigenvalue weighted by molar-refractivity contribution is 9.10. The van der Waals surface area contributed by atoms with Gasteiger partial charge in [0.25, 0.3) is 0 Å². The van der Waals surface area contributed by atoms with Crippen LogP contribution in [0.25, 0.3) is 0 Å². The number of halogens is 2. The third kappa shape index (κ3) is 3.52. The molecule has 0 saturated heterocycles. The highest BCUT2D eigenvalue weighted by Gasteiger charge is 2.38. The lowest BCUT2D eigenvalue weighted by atomic mass is 9.88. The van der Waals surface area contributed by atoms with Crippen molar-refractivity contribution in [2.24, 2.45) is 10.9 Å². The maximum absolute atomic E-state index is 13.4. The third-order valence-electron chi connectivity index (χ3n) is 3.35. The number of benzene rings is 1. The number of nitrogens with zero attached hydrogens (tertiary/aromatic N) is 1. The molecular formula is C15H16BrFN2O3. The van der Waals surface area contributed by atoms with Gasteiger partial charge in [-0.1, -0.05) is 13.0 Å². The number of hydrogen-bond acceptors (Lipinski definition) is 3. The lowest BCUT2D eigenvalue weighted by Crippen LogP contribution is -2.44. The Hall–Kier alpha value is -1.76. The number of esters is 1. The molecule has 7 heteroatoms. The molecule has 2 unspecified atom stereocenters. The predicted molar refractivity (Wildman–Crippen MR) is 83.2 cm³/mol. The Kier molecular flexibility index (Phi) is 5.28. The third-order valence-corrected chi connectivity index (χ3v) is 3.95. The molecule has 1 aromatic carbocycles. The summed E-state index contributed by atoms with van der Waals surface area (Å²) in [6, 6.07) is 3.19. The Labute approximate surface area is 136 Å². The van der Waals surface area contributed by atoms with Crippen molar-refractivity contribution in [1.82, 2.24) is 5.32 Å². The van der Waals surface area contributed by atoms with E-state index in [0.717, 1.165) is 0 Å². The van der Waals surface area contributed by atoms with Gasteiger partial charge in [0.2, 0.25) is 0 Å². The van der Waals surface area contributed by atoms with E-state index in [1.165, 1.54) is 12.1 Å². The van der Waals surface area contributed by atoms with Gasteiger partial charge in [-0.25, -0.2) is 14.2 Å². The number of rotatable bonds is 4. The van der Waals surface area contributed by atoms with E-state index >= 15 is 0 Å². The molecule has 22 heavy (non-hydrogen) atoms. The van der Waals surface area contributed by atoms with Crippen molar-refractivity contribution in [1.29, 1.82) is 0 Å². The number of ether oxygens (including phenoxy) is 1. The summed E-state index contributed by atoms with van der Waals surface area (Å²) in [6.45, 7) is 3.81. The molecule has 2 amide bonds. The molecule has 0 aromatic heterocycles. The van der Waals surface area contributed by atoms with Gasteiger partial charge in [0.15, 0.2) is 0 Å². The van der Waals surface area contributed by atoms with Crippen LogP contribution in [0.4, 0.5) is 9.18 Å². The Morgan fingerprint density at radius 1 is 1.50 bits per heavy atom. The molecule has 2 rings (SSSR count). The van der Waals surface area contributed by atoms with Crippen LogP contribution >= 0.6 is 15.9 Å². The lowest BCUT2D eigenvalue weighted by molar-refractivity contribution is -0.147. The van der Waals surface area contributed by atoms with Gasteiger partial charge in [-0.2, -0.15) is 0 Å². The molecule has 1 aromatic rings. The summed E-state index contributed by atoms with van der Waals surface area (Å²) in [4.78, 5) is 27.7. The molecule has 0 bridgehead atoms. The average Bonchev–Trinajstić information content (AvgIpc) is 2.46. The monoisotopic (exact) mass is 370 g/mol. The summed E-state index contributed by atoms with van der Waals surface area (Å²) in [5.41, 5.74) is 0.990. The number of nitrogens with one attached hydrogen (secondary N) is 1. The van der Waals surface area contributed by atoms with Crippen LogP contribution in [0.3, 0.4) is 0 Å². The number of urea groups is 1. The summed E-state index contributed by atoms with van der Waals surface area (Å²) in [7, 11) is 0. The van der Waals surface area contributed by atoms with E-state index in [9.17, 15) is 14.0 Å². The molecule has 1 aliphatic rings. The van der Waals surface area contributed by atoms with Crippen LogP contribution in [0.5, 0.6) is 0 Å². The van der Waals surface area contributed by atoms with E-state index in [2.05, 4.69) is 26.2 Å². The van der Waals surface area contributed by atoms with Crippen LogP contribution in [0.1, 0.15) is 31.9 Å². The van der Waals surface area contributed by atoms with Gasteiger partial charge in [-0.05, 0) is 47.0 Å². The summed E-state index contributed by atoms with van der Waals surface area (Å²) < 4.78 is 18.8. The molecule has 118 valence electrons. The fourth-order valence-electron chi connectivity index (χ4n) is 2.30. The predicted octanol–water partition coefficient (Wildman–Crippen LogP) is 3.38. The van der Waals surface area contributed by atoms with Crippen molar-refractivity contribution in [2.45, 2.75) is 26.3 Å². The van der Waals surface area contributed by atoms with E-state index in [-0.39, 0.29) is 4.47 Å². The number of hydrogen-bond donors (Lipinski definition) is 1. The average molecular weight is 371 g/mol. The Morgan fingerprint density at radius 3 is 2.86 bits per heavy atom. The minimum Gasteiger partial charge on any atom is -0.465 e. The van der Waals surface area contributed by atoms with Gasteiger partial charge >= 0.3 is 12.0 Å². The summed E-state index contributed by atoms with van der Waals surface area (Å²) >= 11 is 3.11. The van der Waals surface area contributed by atoms with Crippen molar-refractivity contribution < 1.29 is 18.7 Å². The molecule has 0 spiro atoms. The van der Waals surface area contributed by atoms with Crippen molar-refractivity contribution in [3.63, 3.8) is 0 Å². The van der Waals surface area contributed by atoms with Crippen LogP contribution in [-0.2, 0) is 9.53 Å². The molecule has 1 N–H and O–H groups in total. The Bertz CT molecular complexity index is 633. The number of carbonyl (C=O) groups is 2. The van der Waals surface area contributed by atoms with Gasteiger partial charge in [-0.15, -0.1) is 0 Å². The molecule has 1 heterocycles. The van der Waals surface area contributed by atoms with Crippen molar-refractivity contribution >= 4 is 33.6 Å². The van der Waals surface area contributed by atoms with Crippen LogP contribution in [0, 0.1) is 11.7 Å². The van der Waals surface area contributed by atoms with Crippen LogP contribution in [0.2, 0.25) is 0 Å². The molecule has 0 aliphatic carbocycles. The maximum Gasteiger partial charge on any atom is 0.341 e. The highest BCUT2D eigenvalue weighted by Crippen LogP contribution is 2.30. The molecule has 0 saturated carbocycles. The largest absolute Gasteiger partial charge is 0.465 e. The van der Waals surface area contributed by atoms with E-state index in [1.807, 2.05) is 6.92 Å². The molecule has 0 fully saturated rings. The summed E-state index contributed by atoms with van der Waals surface area (Å²) in [6.07, 6.45) is 0.702. The zero-order valence-corrected chi connectivity index (χ0v) is 13.8. The van der Waals surface area contributed by atoms with Gasteiger partial charge in [0.1, 0.15) is 11.7 Å². The first-order chi connectivity index (χ1) is 10.4. The Morgan fingerprint density at radius 2 is 2.23 bits per heavy atom. The Balaban J connectivity index is 2.36. The second-order valence-electron chi connectivity index (χ2n) is 5.00. The van der Waals surface area contributed by atoms with Gasteiger partial charge < -0.3 is 10.1 Å². The zero-order chi connectivity index (χ0) is 16.3. The van der Waals surface area contributed by atoms with E-state index < -0.39 is 29.8 Å². The first-order valence-corrected chi connectivity index (χ1v) is 7.70. The standard InChI is InChI=1S/C15H16BrFN2O3/c1-3-6-22-14(20)12-8(2)18-15(21)19-13(12)9-4-5-11(17)10(16)7-9/h4-5,7,12-13H,3,6H2,1-2H3,(H,19,21). The van der Waals surface area contributed by atoms with E-state index in [0.29, 0.717) is 24.3 Å². The fourth-order valence-corrected chi connectivity index (χ4v) is 2.70. The molecule has 2 atom stereocenters. The first kappa shape index (κ1) is 16.6. The number of amides is 2. The highest BCUT2D eigenvalue weighted by atomic mass is 79.9. The summed E-state index contributed by atoms with van der Waals surface area (Å²) in [5, 5.41) is 2.65. The van der Waals surface area contributed by atoms with E-state index in [1.54, 1.807) is 13.0 Å². The summed E-state index contributed by atoms with van der Waals surface area (Å²) in [5.74, 6) is -1.59. The van der Waals surface area contributed by atoms with Crippen LogP contribution < -0.4 is 5.32 Å². The topological polar surface area (TPSA) is 67.8 Å². The second kappa shape index (κ2) is 7.00. The minimum absolute atomic E-state index is 0.264. The van der Waals surface area contributed by atoms with Gasteiger partial charge in [0, 0.05) is 5.71 Å². The second-order valence-corrected chi connectivity index (χ2v) is 5.85. The number of aliphatic imine (C=N–C) groups is 1. The van der Waals surface area contributed by atoms with Crippen molar-refractivity contribution in [3.05, 3.63) is 34.1 Å². The lowest BCUT2D eigenvalue weighted by Gasteiger charge is -2.29. The van der Waals surface area contributed by atoms with Gasteiger partial charge in [-0.3, -0.25) is 4.79 Å². The molecular weight excluding hydrogens is 355 g/mol. The maximum atomic E-state index is 13.4. The molecule has 1 aliphatic heterocycles. The SMILES string of the molecule is CCCOC(=O)C1C(C)=NC(=O)NC1c1ccc(F)c(Br)c1. The molecule has 0 radical (unpaired) electrons. The first-order valence-electron chi connectivity index (χ1n) is 6.91. The van der Waals surface area contributed by atoms with Crippen LogP contribution in [0.15, 0.2) is 27.7 Å². The minimum atomic E-state index is -0.721. The van der Waals surface area contributed by atoms with Gasteiger partial charge in [0.05, 0.1) is 17.1 Å². The molecule has 5 nitrogen and oxygen atoms in total. The van der Waals surface area contributed by atoms with E-state index in [4.69, 9.17) is 4.74 Å². The van der Waals surface area contributed by atoms with Crippen molar-refractivity contribution in [2.75, 3.05) is 6.61 Å². The van der Waals surface area contributed by atoms with Crippen LogP contribution in [-0.4, -0.2) is 24.3 Å². The zero-order valence-electron chi connectivity index (χ0n) is 12.2. The normalized spacial score (nSPS) is 21.1. The quantitative estimate of drug-likeness (QED) is 0.826. The number of carbonyl (C=O) groups excluding carboxylic acids is 2.